The number of nitro benzene ring substituents is 2. The first kappa shape index (κ1) is 51.7. The van der Waals surface area contributed by atoms with E-state index in [0.717, 1.165) is 15.7 Å². The molecule has 9 heteroatoms. The number of anilines is 1. The largest absolute Gasteiger partial charge is 0.399 e. The second kappa shape index (κ2) is 38.0. The molecule has 0 atom stereocenters. The Morgan fingerprint density at radius 1 is 0.651 bits per heavy atom. The van der Waals surface area contributed by atoms with Gasteiger partial charge in [-0.1, -0.05) is 107 Å². The van der Waals surface area contributed by atoms with Crippen LogP contribution >= 0.6 is 15.9 Å². The number of non-ortho nitro benzene ring substituents is 2. The molecule has 7 nitrogen and oxygen atoms in total. The molecule has 0 aliphatic heterocycles. The van der Waals surface area contributed by atoms with E-state index in [2.05, 4.69) is 22.5 Å². The summed E-state index contributed by atoms with van der Waals surface area (Å²) in [6.45, 7) is 21.2. The van der Waals surface area contributed by atoms with Gasteiger partial charge in [0.25, 0.3) is 11.4 Å². The average molecular weight is 658 g/mol. The Morgan fingerprint density at radius 3 is 1.16 bits per heavy atom. The minimum atomic E-state index is -0.424. The van der Waals surface area contributed by atoms with Crippen molar-refractivity contribution in [3.63, 3.8) is 0 Å². The maximum absolute atomic E-state index is 10.3. The van der Waals surface area contributed by atoms with Crippen LogP contribution in [0.3, 0.4) is 0 Å². The maximum Gasteiger partial charge on any atom is 0.269 e. The van der Waals surface area contributed by atoms with E-state index in [9.17, 15) is 20.2 Å². The lowest BCUT2D eigenvalue weighted by atomic mass is 10.2. The van der Waals surface area contributed by atoms with Crippen LogP contribution in [-0.4, -0.2) is 18.3 Å². The van der Waals surface area contributed by atoms with Gasteiger partial charge < -0.3 is 5.73 Å². The Morgan fingerprint density at radius 2 is 0.907 bits per heavy atom. The van der Waals surface area contributed by atoms with Crippen molar-refractivity contribution in [3.05, 3.63) is 133 Å². The summed E-state index contributed by atoms with van der Waals surface area (Å²) in [5.74, 6) is 0. The minimum absolute atomic E-state index is 0. The fourth-order valence-corrected chi connectivity index (χ4v) is 2.53. The number of nitrogen functional groups attached to an aromatic ring is 1. The zero-order chi connectivity index (χ0) is 32.6. The molecule has 0 aromatic heterocycles. The molecular formula is C34H52BBrN3O4. The first-order valence-electron chi connectivity index (χ1n) is 13.5. The van der Waals surface area contributed by atoms with Crippen LogP contribution in [0.1, 0.15) is 80.9 Å². The van der Waals surface area contributed by atoms with Gasteiger partial charge in [0.1, 0.15) is 0 Å². The third-order valence-corrected chi connectivity index (χ3v) is 4.32. The van der Waals surface area contributed by atoms with E-state index >= 15 is 0 Å². The van der Waals surface area contributed by atoms with Gasteiger partial charge in [-0.2, -0.15) is 0 Å². The molecule has 0 aliphatic carbocycles. The van der Waals surface area contributed by atoms with E-state index in [-0.39, 0.29) is 27.2 Å². The van der Waals surface area contributed by atoms with Crippen LogP contribution in [0, 0.1) is 20.2 Å². The summed E-state index contributed by atoms with van der Waals surface area (Å²) in [7, 11) is 0. The quantitative estimate of drug-likeness (QED) is 0.0986. The predicted octanol–water partition coefficient (Wildman–Crippen LogP) is 11.8. The number of nitrogens with zero attached hydrogens (tertiary/aromatic N) is 2. The van der Waals surface area contributed by atoms with Crippen LogP contribution < -0.4 is 5.73 Å². The topological polar surface area (TPSA) is 112 Å². The molecule has 0 aliphatic rings. The van der Waals surface area contributed by atoms with E-state index in [1.165, 1.54) is 29.8 Å². The van der Waals surface area contributed by atoms with Crippen LogP contribution in [-0.2, 0) is 0 Å². The Labute approximate surface area is 271 Å². The van der Waals surface area contributed by atoms with Gasteiger partial charge in [-0.05, 0) is 68.3 Å². The summed E-state index contributed by atoms with van der Waals surface area (Å²) in [6.07, 6.45) is 9.58. The number of benzene rings is 3. The monoisotopic (exact) mass is 656 g/mol. The molecule has 0 bridgehead atoms. The lowest BCUT2D eigenvalue weighted by Gasteiger charge is -1.92. The molecule has 0 fully saturated rings. The van der Waals surface area contributed by atoms with Crippen molar-refractivity contribution in [2.24, 2.45) is 0 Å². The smallest absolute Gasteiger partial charge is 0.269 e. The summed E-state index contributed by atoms with van der Waals surface area (Å²) < 4.78 is 0.845. The molecule has 2 N–H and O–H groups in total. The molecular weight excluding hydrogens is 605 g/mol. The Balaban J connectivity index is -0.000000103. The first-order chi connectivity index (χ1) is 19.7. The van der Waals surface area contributed by atoms with Crippen molar-refractivity contribution in [2.45, 2.75) is 69.7 Å². The van der Waals surface area contributed by atoms with Crippen molar-refractivity contribution in [1.29, 1.82) is 0 Å². The summed E-state index contributed by atoms with van der Waals surface area (Å²) >= 11 is 3.17. The minimum Gasteiger partial charge on any atom is -0.399 e. The lowest BCUT2D eigenvalue weighted by molar-refractivity contribution is -0.385. The predicted molar refractivity (Wildman–Crippen MR) is 197 cm³/mol. The number of rotatable bonds is 4. The highest BCUT2D eigenvalue weighted by Gasteiger charge is 2.02. The van der Waals surface area contributed by atoms with E-state index in [4.69, 9.17) is 5.73 Å². The molecule has 0 amide bonds. The van der Waals surface area contributed by atoms with E-state index in [1.54, 1.807) is 30.3 Å². The number of allylic oxidation sites excluding steroid dienone is 3. The fourth-order valence-electron chi connectivity index (χ4n) is 2.26. The second-order valence-electron chi connectivity index (χ2n) is 6.66. The SMILES string of the molecule is C.C/C=C/c1ccc(N)cc1.C/C=C/c1ccc([N+](=O)[O-])cc1.C=CC.CC.CC.CC.O=[N+]([O-])c1ccc(Br)cc1.[B]. The zero-order valence-electron chi connectivity index (χ0n) is 26.6. The van der Waals surface area contributed by atoms with Crippen LogP contribution in [0.2, 0.25) is 0 Å². The summed E-state index contributed by atoms with van der Waals surface area (Å²) in [4.78, 5) is 19.5. The van der Waals surface area contributed by atoms with Crippen molar-refractivity contribution in [3.8, 4) is 0 Å². The standard InChI is InChI=1S/C9H9NO2.C9H11N.C6H4BrNO2.C3H6.3C2H6.CH4.B/c1-2-3-8-4-6-9(7-5-8)10(11)12;1-2-3-8-4-6-9(10)7-5-8;7-5-1-3-6(4-2-5)8(9)10;1-3-2;3*1-2;;/h2-7H,1H3;2-7H,10H2,1H3;1-4H;3H,1H2,2H3;3*1-2H3;1H4;/b2*3-2+;;;;;;;. The van der Waals surface area contributed by atoms with Crippen LogP contribution in [0.5, 0.6) is 0 Å². The fraction of sp³-hybridized carbons (Fsp3) is 0.294. The van der Waals surface area contributed by atoms with Crippen LogP contribution in [0.4, 0.5) is 17.1 Å². The van der Waals surface area contributed by atoms with Crippen molar-refractivity contribution >= 4 is 53.6 Å². The number of nitro groups is 2. The lowest BCUT2D eigenvalue weighted by Crippen LogP contribution is -1.86. The van der Waals surface area contributed by atoms with Crippen LogP contribution in [0.15, 0.2) is 102 Å². The molecule has 0 heterocycles. The van der Waals surface area contributed by atoms with Gasteiger partial charge in [-0.25, -0.2) is 0 Å². The third kappa shape index (κ3) is 30.8. The summed E-state index contributed by atoms with van der Waals surface area (Å²) in [6, 6.07) is 20.4. The van der Waals surface area contributed by atoms with Gasteiger partial charge in [0.2, 0.25) is 0 Å². The molecule has 3 radical (unpaired) electrons. The molecule has 237 valence electrons. The molecule has 0 saturated heterocycles. The van der Waals surface area contributed by atoms with Crippen molar-refractivity contribution < 1.29 is 9.85 Å². The molecule has 3 aromatic carbocycles. The maximum atomic E-state index is 10.3. The van der Waals surface area contributed by atoms with Crippen LogP contribution in [0.25, 0.3) is 12.2 Å². The van der Waals surface area contributed by atoms with E-state index in [1.807, 2.05) is 111 Å². The van der Waals surface area contributed by atoms with Gasteiger partial charge in [-0.15, -0.1) is 6.58 Å². The molecule has 43 heavy (non-hydrogen) atoms. The number of hydrogen-bond acceptors (Lipinski definition) is 5. The Hall–Kier alpha value is -3.98. The molecule has 0 unspecified atom stereocenters. The van der Waals surface area contributed by atoms with E-state index < -0.39 is 9.85 Å². The van der Waals surface area contributed by atoms with Gasteiger partial charge in [-0.3, -0.25) is 20.2 Å². The second-order valence-corrected chi connectivity index (χ2v) is 7.57. The van der Waals surface area contributed by atoms with Crippen molar-refractivity contribution in [2.75, 3.05) is 5.73 Å². The Kier molecular flexibility index (Phi) is 45.8. The molecule has 3 rings (SSSR count). The first-order valence-corrected chi connectivity index (χ1v) is 14.3. The highest BCUT2D eigenvalue weighted by Crippen LogP contribution is 2.15. The average Bonchev–Trinajstić information content (AvgIpc) is 2.99. The molecule has 3 aromatic rings. The molecule has 0 spiro atoms. The number of hydrogen-bond donors (Lipinski definition) is 1. The third-order valence-electron chi connectivity index (χ3n) is 3.80. The van der Waals surface area contributed by atoms with Crippen molar-refractivity contribution in [1.82, 2.24) is 0 Å². The number of nitrogens with two attached hydrogens (primary N) is 1. The van der Waals surface area contributed by atoms with Gasteiger partial charge in [0.15, 0.2) is 0 Å². The zero-order valence-corrected chi connectivity index (χ0v) is 28.2. The van der Waals surface area contributed by atoms with Gasteiger partial charge >= 0.3 is 0 Å². The van der Waals surface area contributed by atoms with Gasteiger partial charge in [0.05, 0.1) is 9.85 Å². The molecule has 0 saturated carbocycles. The number of halogens is 1. The summed E-state index contributed by atoms with van der Waals surface area (Å²) in [5.41, 5.74) is 8.72. The highest BCUT2D eigenvalue weighted by atomic mass is 79.9. The Bertz CT molecular complexity index is 1100. The van der Waals surface area contributed by atoms with E-state index in [0.29, 0.717) is 0 Å². The van der Waals surface area contributed by atoms with Gasteiger partial charge in [0, 0.05) is 42.8 Å². The summed E-state index contributed by atoms with van der Waals surface area (Å²) in [5, 5.41) is 20.4. The highest BCUT2D eigenvalue weighted by molar-refractivity contribution is 9.10. The normalized spacial score (nSPS) is 8.23.